The number of anilines is 1. The number of carbonyl (C=O) groups excluding carboxylic acids is 2. The number of rotatable bonds is 7. The first kappa shape index (κ1) is 21.3. The Morgan fingerprint density at radius 2 is 1.77 bits per heavy atom. The summed E-state index contributed by atoms with van der Waals surface area (Å²) in [4.78, 5) is 24.0. The average Bonchev–Trinajstić information content (AvgIpc) is 2.75. The van der Waals surface area contributed by atoms with Crippen LogP contribution >= 0.6 is 15.9 Å². The van der Waals surface area contributed by atoms with Crippen molar-refractivity contribution in [2.45, 2.75) is 6.92 Å². The van der Waals surface area contributed by atoms with Crippen LogP contribution in [0.15, 0.2) is 82.4 Å². The Hall–Kier alpha value is -3.45. The van der Waals surface area contributed by atoms with E-state index in [-0.39, 0.29) is 18.4 Å². The highest BCUT2D eigenvalue weighted by Gasteiger charge is 2.05. The van der Waals surface area contributed by atoms with Crippen LogP contribution in [0.5, 0.6) is 5.75 Å². The zero-order valence-electron chi connectivity index (χ0n) is 16.3. The van der Waals surface area contributed by atoms with Crippen LogP contribution in [-0.2, 0) is 4.79 Å². The minimum atomic E-state index is -0.299. The van der Waals surface area contributed by atoms with Gasteiger partial charge in [0, 0.05) is 15.7 Å². The molecule has 0 fully saturated rings. The number of ether oxygens (including phenoxy) is 1. The second-order valence-corrected chi connectivity index (χ2v) is 7.40. The van der Waals surface area contributed by atoms with Crippen molar-refractivity contribution >= 4 is 39.6 Å². The minimum absolute atomic E-state index is 0.0932. The summed E-state index contributed by atoms with van der Waals surface area (Å²) in [6, 6.07) is 21.6. The molecular weight excluding hydrogens is 446 g/mol. The molecule has 0 spiro atoms. The summed E-state index contributed by atoms with van der Waals surface area (Å²) in [5.41, 5.74) is 5.62. The summed E-state index contributed by atoms with van der Waals surface area (Å²) in [6.07, 6.45) is 1.53. The van der Waals surface area contributed by atoms with Gasteiger partial charge in [-0.25, -0.2) is 5.43 Å². The number of hydrogen-bond donors (Lipinski definition) is 2. The predicted molar refractivity (Wildman–Crippen MR) is 121 cm³/mol. The number of hydrazone groups is 1. The molecule has 3 rings (SSSR count). The molecule has 2 N–H and O–H groups in total. The normalized spacial score (nSPS) is 10.6. The van der Waals surface area contributed by atoms with Gasteiger partial charge in [-0.15, -0.1) is 0 Å². The fourth-order valence-corrected chi connectivity index (χ4v) is 2.89. The molecule has 0 radical (unpaired) electrons. The van der Waals surface area contributed by atoms with Crippen LogP contribution in [0.3, 0.4) is 0 Å². The predicted octanol–water partition coefficient (Wildman–Crippen LogP) is 4.54. The zero-order valence-corrected chi connectivity index (χ0v) is 17.8. The molecule has 30 heavy (non-hydrogen) atoms. The van der Waals surface area contributed by atoms with Gasteiger partial charge in [0.2, 0.25) is 0 Å². The Labute approximate surface area is 183 Å². The second kappa shape index (κ2) is 10.4. The highest BCUT2D eigenvalue weighted by Crippen LogP contribution is 2.13. The highest BCUT2D eigenvalue weighted by molar-refractivity contribution is 9.10. The molecule has 0 bridgehead atoms. The number of benzene rings is 3. The summed E-state index contributed by atoms with van der Waals surface area (Å²) in [5, 5.41) is 6.74. The third kappa shape index (κ3) is 6.56. The van der Waals surface area contributed by atoms with Crippen LogP contribution in [0.1, 0.15) is 21.5 Å². The van der Waals surface area contributed by atoms with Gasteiger partial charge in [-0.1, -0.05) is 39.7 Å². The highest BCUT2D eigenvalue weighted by atomic mass is 79.9. The van der Waals surface area contributed by atoms with Crippen LogP contribution in [-0.4, -0.2) is 24.6 Å². The molecule has 0 unspecified atom stereocenters. The van der Waals surface area contributed by atoms with Crippen molar-refractivity contribution in [3.05, 3.63) is 94.0 Å². The smallest absolute Gasteiger partial charge is 0.271 e. The van der Waals surface area contributed by atoms with E-state index >= 15 is 0 Å². The summed E-state index contributed by atoms with van der Waals surface area (Å²) >= 11 is 3.33. The van der Waals surface area contributed by atoms with Gasteiger partial charge in [0.15, 0.2) is 6.61 Å². The standard InChI is InChI=1S/C23H20BrN3O3/c1-16-5-9-20(10-6-16)26-22(28)15-30-21-11-7-17(8-12-21)14-25-27-23(29)18-3-2-4-19(24)13-18/h2-14H,15H2,1H3,(H,26,28)(H,27,29)/b25-14-. The maximum Gasteiger partial charge on any atom is 0.271 e. The van der Waals surface area contributed by atoms with Gasteiger partial charge in [0.1, 0.15) is 5.75 Å². The van der Waals surface area contributed by atoms with Crippen LogP contribution in [0, 0.1) is 6.92 Å². The lowest BCUT2D eigenvalue weighted by molar-refractivity contribution is -0.118. The third-order valence-corrected chi connectivity index (χ3v) is 4.55. The van der Waals surface area contributed by atoms with Gasteiger partial charge in [-0.05, 0) is 67.1 Å². The fourth-order valence-electron chi connectivity index (χ4n) is 2.49. The average molecular weight is 466 g/mol. The van der Waals surface area contributed by atoms with E-state index in [0.717, 1.165) is 21.3 Å². The van der Waals surface area contributed by atoms with Gasteiger partial charge in [-0.2, -0.15) is 5.10 Å². The molecule has 7 heteroatoms. The maximum atomic E-state index is 12.0. The van der Waals surface area contributed by atoms with Crippen molar-refractivity contribution < 1.29 is 14.3 Å². The van der Waals surface area contributed by atoms with Crippen LogP contribution in [0.25, 0.3) is 0 Å². The molecule has 6 nitrogen and oxygen atoms in total. The second-order valence-electron chi connectivity index (χ2n) is 6.48. The molecule has 0 aliphatic heterocycles. The van der Waals surface area contributed by atoms with Gasteiger partial charge in [0.25, 0.3) is 11.8 Å². The van der Waals surface area contributed by atoms with Crippen molar-refractivity contribution in [1.29, 1.82) is 0 Å². The number of nitrogens with zero attached hydrogens (tertiary/aromatic N) is 1. The first-order valence-electron chi connectivity index (χ1n) is 9.18. The Morgan fingerprint density at radius 3 is 2.47 bits per heavy atom. The first-order chi connectivity index (χ1) is 14.5. The van der Waals surface area contributed by atoms with E-state index in [9.17, 15) is 9.59 Å². The van der Waals surface area contributed by atoms with Crippen molar-refractivity contribution in [3.8, 4) is 5.75 Å². The molecule has 0 saturated carbocycles. The number of carbonyl (C=O) groups is 2. The maximum absolute atomic E-state index is 12.0. The summed E-state index contributed by atoms with van der Waals surface area (Å²) < 4.78 is 6.32. The monoisotopic (exact) mass is 465 g/mol. The summed E-state index contributed by atoms with van der Waals surface area (Å²) in [5.74, 6) is 0.0243. The largest absolute Gasteiger partial charge is 0.484 e. The van der Waals surface area contributed by atoms with Crippen LogP contribution in [0.2, 0.25) is 0 Å². The van der Waals surface area contributed by atoms with Crippen molar-refractivity contribution in [2.24, 2.45) is 5.10 Å². The number of nitrogens with one attached hydrogen (secondary N) is 2. The molecule has 0 aliphatic carbocycles. The van der Waals surface area contributed by atoms with E-state index in [1.165, 1.54) is 6.21 Å². The van der Waals surface area contributed by atoms with Crippen LogP contribution in [0.4, 0.5) is 5.69 Å². The minimum Gasteiger partial charge on any atom is -0.484 e. The molecule has 3 aromatic rings. The molecule has 3 aromatic carbocycles. The lowest BCUT2D eigenvalue weighted by Gasteiger charge is -2.08. The zero-order chi connectivity index (χ0) is 21.3. The first-order valence-corrected chi connectivity index (χ1v) is 9.97. The van der Waals surface area contributed by atoms with Gasteiger partial charge >= 0.3 is 0 Å². The Morgan fingerprint density at radius 1 is 1.03 bits per heavy atom. The fraction of sp³-hybridized carbons (Fsp3) is 0.0870. The molecule has 0 atom stereocenters. The van der Waals surface area contributed by atoms with Gasteiger partial charge in [0.05, 0.1) is 6.21 Å². The van der Waals surface area contributed by atoms with E-state index < -0.39 is 0 Å². The number of aryl methyl sites for hydroxylation is 1. The molecule has 0 aliphatic rings. The van der Waals surface area contributed by atoms with Gasteiger partial charge < -0.3 is 10.1 Å². The van der Waals surface area contributed by atoms with Crippen LogP contribution < -0.4 is 15.5 Å². The lowest BCUT2D eigenvalue weighted by Crippen LogP contribution is -2.20. The van der Waals surface area contributed by atoms with E-state index in [1.54, 1.807) is 42.5 Å². The topological polar surface area (TPSA) is 79.8 Å². The Balaban J connectivity index is 1.46. The van der Waals surface area contributed by atoms with E-state index in [2.05, 4.69) is 31.8 Å². The van der Waals surface area contributed by atoms with Crippen molar-refractivity contribution in [3.63, 3.8) is 0 Å². The molecule has 0 heterocycles. The molecular formula is C23H20BrN3O3. The number of amides is 2. The molecule has 0 aromatic heterocycles. The molecule has 2 amide bonds. The molecule has 0 saturated heterocycles. The SMILES string of the molecule is Cc1ccc(NC(=O)COc2ccc(/C=N\NC(=O)c3cccc(Br)c3)cc2)cc1. The lowest BCUT2D eigenvalue weighted by atomic mass is 10.2. The quantitative estimate of drug-likeness (QED) is 0.397. The van der Waals surface area contributed by atoms with Crippen molar-refractivity contribution in [1.82, 2.24) is 5.43 Å². The number of hydrogen-bond acceptors (Lipinski definition) is 4. The summed E-state index contributed by atoms with van der Waals surface area (Å²) in [6.45, 7) is 1.89. The van der Waals surface area contributed by atoms with E-state index in [4.69, 9.17) is 4.74 Å². The number of halogens is 1. The summed E-state index contributed by atoms with van der Waals surface area (Å²) in [7, 11) is 0. The Kier molecular flexibility index (Phi) is 7.34. The molecule has 152 valence electrons. The Bertz CT molecular complexity index is 1050. The third-order valence-electron chi connectivity index (χ3n) is 4.05. The van der Waals surface area contributed by atoms with E-state index in [1.807, 2.05) is 37.3 Å². The van der Waals surface area contributed by atoms with Gasteiger partial charge in [-0.3, -0.25) is 9.59 Å². The van der Waals surface area contributed by atoms with Crippen molar-refractivity contribution in [2.75, 3.05) is 11.9 Å². The van der Waals surface area contributed by atoms with E-state index in [0.29, 0.717) is 11.3 Å².